The van der Waals surface area contributed by atoms with Crippen LogP contribution in [0.2, 0.25) is 0 Å². The summed E-state index contributed by atoms with van der Waals surface area (Å²) < 4.78 is 15.5. The lowest BCUT2D eigenvalue weighted by molar-refractivity contribution is 0.102. The van der Waals surface area contributed by atoms with E-state index in [2.05, 4.69) is 55.5 Å². The van der Waals surface area contributed by atoms with Gasteiger partial charge in [-0.15, -0.1) is 5.10 Å². The molecule has 3 aromatic rings. The molecule has 0 aliphatic heterocycles. The van der Waals surface area contributed by atoms with Gasteiger partial charge in [-0.3, -0.25) is 9.78 Å². The molecule has 3 heterocycles. The second-order valence-electron chi connectivity index (χ2n) is 10.5. The Bertz CT molecular complexity index is 1300. The number of hydrogen-bond donors (Lipinski definition) is 5. The maximum absolute atomic E-state index is 14.1. The molecule has 2 aliphatic carbocycles. The Morgan fingerprint density at radius 1 is 1.03 bits per heavy atom. The zero-order chi connectivity index (χ0) is 26.6. The van der Waals surface area contributed by atoms with E-state index in [1.165, 1.54) is 23.0 Å². The van der Waals surface area contributed by atoms with E-state index in [-0.39, 0.29) is 29.5 Å². The van der Waals surface area contributed by atoms with Gasteiger partial charge in [-0.2, -0.15) is 0 Å². The lowest BCUT2D eigenvalue weighted by Crippen LogP contribution is -2.45. The Labute approximate surface area is 220 Å². The molecule has 5 N–H and O–H groups in total. The van der Waals surface area contributed by atoms with E-state index in [4.69, 9.17) is 0 Å². The van der Waals surface area contributed by atoms with Crippen LogP contribution >= 0.6 is 0 Å². The molecular weight excluding hydrogens is 489 g/mol. The molecule has 2 fully saturated rings. The third-order valence-corrected chi connectivity index (χ3v) is 6.74. The minimum atomic E-state index is -0.622. The monoisotopic (exact) mass is 523 g/mol. The lowest BCUT2D eigenvalue weighted by Gasteiger charge is -2.30. The first kappa shape index (κ1) is 25.7. The van der Waals surface area contributed by atoms with Crippen LogP contribution in [-0.4, -0.2) is 56.2 Å². The number of carbonyl (C=O) groups is 2. The van der Waals surface area contributed by atoms with Gasteiger partial charge in [0.2, 0.25) is 0 Å². The van der Waals surface area contributed by atoms with Gasteiger partial charge in [0.1, 0.15) is 5.82 Å². The number of aromatic nitrogens is 4. The van der Waals surface area contributed by atoms with Crippen molar-refractivity contribution in [3.63, 3.8) is 0 Å². The second kappa shape index (κ2) is 11.2. The first-order chi connectivity index (χ1) is 18.4. The zero-order valence-corrected chi connectivity index (χ0v) is 21.6. The van der Waals surface area contributed by atoms with Gasteiger partial charge in [0.25, 0.3) is 5.91 Å². The van der Waals surface area contributed by atoms with Crippen molar-refractivity contribution in [3.05, 3.63) is 42.2 Å². The van der Waals surface area contributed by atoms with Crippen LogP contribution < -0.4 is 26.6 Å². The van der Waals surface area contributed by atoms with Crippen molar-refractivity contribution in [2.24, 2.45) is 5.92 Å². The van der Waals surface area contributed by atoms with E-state index in [9.17, 15) is 14.0 Å². The molecule has 0 atom stereocenters. The van der Waals surface area contributed by atoms with Gasteiger partial charge in [-0.05, 0) is 50.5 Å². The number of halogens is 1. The number of nitrogens with zero attached hydrogens (tertiary/aromatic N) is 4. The fraction of sp³-hybridized carbons (Fsp3) is 0.500. The smallest absolute Gasteiger partial charge is 0.315 e. The summed E-state index contributed by atoms with van der Waals surface area (Å²) in [5.74, 6) is -0.117. The van der Waals surface area contributed by atoms with Crippen molar-refractivity contribution in [3.8, 4) is 0 Å². The predicted octanol–water partition coefficient (Wildman–Crippen LogP) is 3.77. The number of fused-ring (bicyclic) bond motifs is 1. The van der Waals surface area contributed by atoms with E-state index in [0.29, 0.717) is 30.0 Å². The number of nitrogens with one attached hydrogen (secondary N) is 5. The molecule has 0 saturated heterocycles. The number of imidazole rings is 1. The van der Waals surface area contributed by atoms with Crippen molar-refractivity contribution >= 4 is 34.8 Å². The quantitative estimate of drug-likeness (QED) is 0.288. The lowest BCUT2D eigenvalue weighted by atomic mass is 9.91. The minimum absolute atomic E-state index is 0.0359. The van der Waals surface area contributed by atoms with Crippen molar-refractivity contribution in [2.45, 2.75) is 70.5 Å². The molecule has 0 aromatic carbocycles. The highest BCUT2D eigenvalue weighted by Crippen LogP contribution is 2.30. The Morgan fingerprint density at radius 2 is 1.74 bits per heavy atom. The molecule has 0 radical (unpaired) electrons. The number of amides is 3. The fourth-order valence-corrected chi connectivity index (χ4v) is 4.54. The van der Waals surface area contributed by atoms with Gasteiger partial charge in [0.05, 0.1) is 23.8 Å². The average Bonchev–Trinajstić information content (AvgIpc) is 3.60. The van der Waals surface area contributed by atoms with Gasteiger partial charge < -0.3 is 26.6 Å². The molecular formula is C26H34FN9O2. The molecule has 3 aromatic heterocycles. The van der Waals surface area contributed by atoms with E-state index in [1.807, 2.05) is 6.07 Å². The van der Waals surface area contributed by atoms with Gasteiger partial charge in [-0.1, -0.05) is 13.8 Å². The van der Waals surface area contributed by atoms with Crippen LogP contribution in [0.25, 0.3) is 5.65 Å². The summed E-state index contributed by atoms with van der Waals surface area (Å²) in [4.78, 5) is 33.3. The summed E-state index contributed by atoms with van der Waals surface area (Å²) in [6, 6.07) is 3.90. The second-order valence-corrected chi connectivity index (χ2v) is 10.5. The summed E-state index contributed by atoms with van der Waals surface area (Å²) in [6.45, 7) is 4.78. The molecule has 38 heavy (non-hydrogen) atoms. The number of rotatable bonds is 9. The van der Waals surface area contributed by atoms with Crippen LogP contribution in [0, 0.1) is 11.7 Å². The van der Waals surface area contributed by atoms with Gasteiger partial charge in [-0.25, -0.2) is 18.7 Å². The third kappa shape index (κ3) is 6.29. The summed E-state index contributed by atoms with van der Waals surface area (Å²) in [7, 11) is 0. The molecule has 12 heteroatoms. The number of carbonyl (C=O) groups excluding carboxylic acids is 2. The molecule has 0 bridgehead atoms. The largest absolute Gasteiger partial charge is 0.379 e. The van der Waals surface area contributed by atoms with E-state index >= 15 is 0 Å². The number of urea groups is 1. The van der Waals surface area contributed by atoms with Crippen LogP contribution in [0.15, 0.2) is 30.7 Å². The van der Waals surface area contributed by atoms with Gasteiger partial charge in [0.15, 0.2) is 17.2 Å². The molecule has 11 nitrogen and oxygen atoms in total. The normalized spacial score (nSPS) is 19.3. The molecule has 2 saturated carbocycles. The highest BCUT2D eigenvalue weighted by molar-refractivity contribution is 6.03. The topological polar surface area (TPSA) is 137 Å². The highest BCUT2D eigenvalue weighted by Gasteiger charge is 2.26. The summed E-state index contributed by atoms with van der Waals surface area (Å²) in [5.41, 5.74) is 1.55. The van der Waals surface area contributed by atoms with Crippen LogP contribution in [0.4, 0.5) is 26.4 Å². The van der Waals surface area contributed by atoms with Gasteiger partial charge >= 0.3 is 6.03 Å². The number of pyridine rings is 1. The molecule has 0 spiro atoms. The minimum Gasteiger partial charge on any atom is -0.379 e. The van der Waals surface area contributed by atoms with E-state index in [1.54, 1.807) is 0 Å². The Kier molecular flexibility index (Phi) is 7.57. The van der Waals surface area contributed by atoms with Crippen molar-refractivity contribution < 1.29 is 14.0 Å². The summed E-state index contributed by atoms with van der Waals surface area (Å²) in [6.07, 6.45) is 9.52. The van der Waals surface area contributed by atoms with Crippen molar-refractivity contribution in [2.75, 3.05) is 22.5 Å². The highest BCUT2D eigenvalue weighted by atomic mass is 19.1. The first-order valence-corrected chi connectivity index (χ1v) is 13.2. The van der Waals surface area contributed by atoms with Crippen LogP contribution in [0.1, 0.15) is 62.9 Å². The van der Waals surface area contributed by atoms with E-state index < -0.39 is 11.7 Å². The predicted molar refractivity (Wildman–Crippen MR) is 143 cm³/mol. The Hall–Kier alpha value is -3.96. The maximum Gasteiger partial charge on any atom is 0.315 e. The van der Waals surface area contributed by atoms with E-state index in [0.717, 1.165) is 50.4 Å². The SMILES string of the molecule is CC(C)CNC(=O)NC1CCC(Nc2cc(NC3CC3)c3ncc(C(=O)Nc4ccncc4F)n3n2)CC1. The zero-order valence-electron chi connectivity index (χ0n) is 21.6. The molecule has 3 amide bonds. The Morgan fingerprint density at radius 3 is 2.45 bits per heavy atom. The van der Waals surface area contributed by atoms with Gasteiger partial charge in [0, 0.05) is 36.9 Å². The molecule has 0 unspecified atom stereocenters. The Balaban J connectivity index is 1.28. The molecule has 5 rings (SSSR count). The summed E-state index contributed by atoms with van der Waals surface area (Å²) >= 11 is 0. The molecule has 2 aliphatic rings. The standard InChI is InChI=1S/C26H34FN9O2/c1-15(2)12-30-26(38)33-18-7-5-17(6-8-18)32-23-11-21(31-16-3-4-16)24-29-14-22(36(24)35-23)25(37)34-20-9-10-28-13-19(20)27/h9-11,13-18,31H,3-8,12H2,1-2H3,(H,32,35)(H,28,34,37)(H2,30,33,38). The van der Waals surface area contributed by atoms with Crippen LogP contribution in [-0.2, 0) is 0 Å². The molecule has 202 valence electrons. The van der Waals surface area contributed by atoms with Crippen molar-refractivity contribution in [1.82, 2.24) is 30.2 Å². The fourth-order valence-electron chi connectivity index (χ4n) is 4.54. The summed E-state index contributed by atoms with van der Waals surface area (Å²) in [5, 5.41) is 20.2. The van der Waals surface area contributed by atoms with Crippen molar-refractivity contribution in [1.29, 1.82) is 0 Å². The first-order valence-electron chi connectivity index (χ1n) is 13.2. The third-order valence-electron chi connectivity index (χ3n) is 6.74. The number of anilines is 3. The number of hydrogen-bond acceptors (Lipinski definition) is 7. The average molecular weight is 524 g/mol. The van der Waals surface area contributed by atoms with Crippen LogP contribution in [0.3, 0.4) is 0 Å². The van der Waals surface area contributed by atoms with Crippen LogP contribution in [0.5, 0.6) is 0 Å². The maximum atomic E-state index is 14.1.